The first kappa shape index (κ1) is 17.5. The average Bonchev–Trinajstić information content (AvgIpc) is 3.10. The number of carbonyl (C=O) groups excluding carboxylic acids is 1. The number of nitrogens with zero attached hydrogens (tertiary/aromatic N) is 3. The topological polar surface area (TPSA) is 83.6 Å². The molecule has 0 bridgehead atoms. The molecular weight excluding hydrogens is 390 g/mol. The molecule has 3 aromatic heterocycles. The van der Waals surface area contributed by atoms with E-state index < -0.39 is 0 Å². The number of carbonyl (C=O) groups is 1. The first-order chi connectivity index (χ1) is 13.7. The minimum absolute atomic E-state index is 0.0955. The third-order valence-corrected chi connectivity index (χ3v) is 6.49. The molecule has 5 rings (SSSR count). The van der Waals surface area contributed by atoms with Crippen LogP contribution in [-0.4, -0.2) is 31.9 Å². The van der Waals surface area contributed by atoms with Gasteiger partial charge in [-0.25, -0.2) is 15.0 Å². The van der Waals surface area contributed by atoms with E-state index in [1.807, 2.05) is 29.9 Å². The molecule has 6 nitrogen and oxygen atoms in total. The number of aryl methyl sites for hydroxylation is 2. The molecule has 142 valence electrons. The number of imidazole rings is 1. The maximum Gasteiger partial charge on any atom is 0.220 e. The normalized spacial score (nSPS) is 13.9. The van der Waals surface area contributed by atoms with Crippen LogP contribution in [0.5, 0.6) is 0 Å². The van der Waals surface area contributed by atoms with Gasteiger partial charge in [0.05, 0.1) is 21.4 Å². The molecule has 0 saturated heterocycles. The molecule has 8 heteroatoms. The number of nitrogens with one attached hydrogen (secondary N) is 2. The number of rotatable bonds is 6. The molecule has 1 amide bonds. The monoisotopic (exact) mass is 409 g/mol. The van der Waals surface area contributed by atoms with Gasteiger partial charge in [-0.2, -0.15) is 0 Å². The zero-order chi connectivity index (χ0) is 19.1. The molecule has 4 aromatic rings. The van der Waals surface area contributed by atoms with Crippen LogP contribution >= 0.6 is 22.7 Å². The molecule has 2 N–H and O–H groups in total. The van der Waals surface area contributed by atoms with Gasteiger partial charge in [0, 0.05) is 35.5 Å². The Hall–Kier alpha value is -2.58. The van der Waals surface area contributed by atoms with Gasteiger partial charge in [0.15, 0.2) is 0 Å². The number of aromatic amines is 1. The van der Waals surface area contributed by atoms with Gasteiger partial charge in [0.1, 0.15) is 16.5 Å². The Kier molecular flexibility index (Phi) is 4.44. The van der Waals surface area contributed by atoms with Crippen molar-refractivity contribution in [3.8, 4) is 22.0 Å². The van der Waals surface area contributed by atoms with Crippen molar-refractivity contribution in [2.24, 2.45) is 0 Å². The van der Waals surface area contributed by atoms with Crippen LogP contribution < -0.4 is 5.32 Å². The van der Waals surface area contributed by atoms with Gasteiger partial charge in [0.25, 0.3) is 0 Å². The standard InChI is InChI=1S/C20H19N5OS2/c1-11-9-27-20(22-11)19-18(12-2-5-14-15(8-12)28-10-21-14)24-16(25-19)6-7-17(26)23-13-3-4-13/h2,5,8-10,13H,3-4,6-7H2,1H3,(H,23,26)(H,24,25). The number of aromatic nitrogens is 4. The predicted molar refractivity (Wildman–Crippen MR) is 113 cm³/mol. The fourth-order valence-electron chi connectivity index (χ4n) is 3.13. The molecule has 0 unspecified atom stereocenters. The van der Waals surface area contributed by atoms with Crippen molar-refractivity contribution in [2.45, 2.75) is 38.6 Å². The van der Waals surface area contributed by atoms with Crippen LogP contribution in [0.1, 0.15) is 30.8 Å². The van der Waals surface area contributed by atoms with E-state index in [0.29, 0.717) is 18.9 Å². The molecule has 0 radical (unpaired) electrons. The van der Waals surface area contributed by atoms with Gasteiger partial charge in [-0.05, 0) is 31.9 Å². The summed E-state index contributed by atoms with van der Waals surface area (Å²) in [4.78, 5) is 29.3. The van der Waals surface area contributed by atoms with Crippen LogP contribution in [0.2, 0.25) is 0 Å². The maximum atomic E-state index is 12.1. The quantitative estimate of drug-likeness (QED) is 0.496. The fraction of sp³-hybridized carbons (Fsp3) is 0.300. The number of benzene rings is 1. The van der Waals surface area contributed by atoms with Crippen LogP contribution in [0.4, 0.5) is 0 Å². The first-order valence-electron chi connectivity index (χ1n) is 9.30. The van der Waals surface area contributed by atoms with E-state index in [2.05, 4.69) is 26.3 Å². The molecule has 1 aromatic carbocycles. The summed E-state index contributed by atoms with van der Waals surface area (Å²) in [5.74, 6) is 0.909. The Morgan fingerprint density at radius 2 is 2.18 bits per heavy atom. The Labute approximate surface area is 170 Å². The second-order valence-electron chi connectivity index (χ2n) is 7.08. The molecule has 0 aliphatic heterocycles. The Bertz CT molecular complexity index is 1150. The third kappa shape index (κ3) is 3.57. The van der Waals surface area contributed by atoms with Crippen molar-refractivity contribution in [3.05, 3.63) is 40.6 Å². The Morgan fingerprint density at radius 1 is 1.29 bits per heavy atom. The second-order valence-corrected chi connectivity index (χ2v) is 8.82. The zero-order valence-corrected chi connectivity index (χ0v) is 17.0. The van der Waals surface area contributed by atoms with Gasteiger partial charge in [-0.15, -0.1) is 22.7 Å². The number of thiazole rings is 2. The van der Waals surface area contributed by atoms with Gasteiger partial charge < -0.3 is 10.3 Å². The summed E-state index contributed by atoms with van der Waals surface area (Å²) in [6.45, 7) is 1.99. The molecule has 0 spiro atoms. The highest BCUT2D eigenvalue weighted by Crippen LogP contribution is 2.34. The molecule has 1 aliphatic carbocycles. The number of H-pyrrole nitrogens is 1. The van der Waals surface area contributed by atoms with Crippen LogP contribution in [0.25, 0.3) is 32.2 Å². The molecule has 1 fully saturated rings. The van der Waals surface area contributed by atoms with Gasteiger partial charge in [-0.1, -0.05) is 6.07 Å². The van der Waals surface area contributed by atoms with E-state index in [1.54, 1.807) is 22.7 Å². The minimum atomic E-state index is 0.0955. The summed E-state index contributed by atoms with van der Waals surface area (Å²) in [7, 11) is 0. The lowest BCUT2D eigenvalue weighted by Gasteiger charge is -2.01. The first-order valence-corrected chi connectivity index (χ1v) is 11.1. The highest BCUT2D eigenvalue weighted by atomic mass is 32.1. The highest BCUT2D eigenvalue weighted by molar-refractivity contribution is 7.16. The number of amides is 1. The van der Waals surface area contributed by atoms with Gasteiger partial charge in [0.2, 0.25) is 5.91 Å². The Morgan fingerprint density at radius 3 is 2.96 bits per heavy atom. The SMILES string of the molecule is Cc1csc(-c2[nH]c(CCC(=O)NC3CC3)nc2-c2ccc3ncsc3c2)n1. The minimum Gasteiger partial charge on any atom is -0.353 e. The van der Waals surface area contributed by atoms with E-state index in [-0.39, 0.29) is 5.91 Å². The van der Waals surface area contributed by atoms with E-state index in [9.17, 15) is 4.79 Å². The molecule has 0 atom stereocenters. The lowest BCUT2D eigenvalue weighted by molar-refractivity contribution is -0.121. The van der Waals surface area contributed by atoms with Crippen molar-refractivity contribution in [1.29, 1.82) is 0 Å². The predicted octanol–water partition coefficient (Wildman–Crippen LogP) is 4.33. The zero-order valence-electron chi connectivity index (χ0n) is 15.4. The van der Waals surface area contributed by atoms with Crippen LogP contribution in [0, 0.1) is 6.92 Å². The lowest BCUT2D eigenvalue weighted by atomic mass is 10.1. The lowest BCUT2D eigenvalue weighted by Crippen LogP contribution is -2.25. The fourth-order valence-corrected chi connectivity index (χ4v) is 4.65. The van der Waals surface area contributed by atoms with Crippen molar-refractivity contribution < 1.29 is 4.79 Å². The van der Waals surface area contributed by atoms with E-state index >= 15 is 0 Å². The number of fused-ring (bicyclic) bond motifs is 1. The molecule has 1 aliphatic rings. The van der Waals surface area contributed by atoms with Gasteiger partial charge >= 0.3 is 0 Å². The molecule has 28 heavy (non-hydrogen) atoms. The van der Waals surface area contributed by atoms with Crippen molar-refractivity contribution in [1.82, 2.24) is 25.3 Å². The molecule has 3 heterocycles. The molecule has 1 saturated carbocycles. The van der Waals surface area contributed by atoms with E-state index in [0.717, 1.165) is 56.5 Å². The number of hydrogen-bond donors (Lipinski definition) is 2. The summed E-state index contributed by atoms with van der Waals surface area (Å²) < 4.78 is 1.13. The smallest absolute Gasteiger partial charge is 0.220 e. The van der Waals surface area contributed by atoms with Crippen LogP contribution in [0.3, 0.4) is 0 Å². The third-order valence-electron chi connectivity index (χ3n) is 4.72. The van der Waals surface area contributed by atoms with Gasteiger partial charge in [-0.3, -0.25) is 4.79 Å². The Balaban J connectivity index is 1.48. The van der Waals surface area contributed by atoms with Crippen molar-refractivity contribution in [3.63, 3.8) is 0 Å². The highest BCUT2D eigenvalue weighted by Gasteiger charge is 2.23. The largest absolute Gasteiger partial charge is 0.353 e. The van der Waals surface area contributed by atoms with Crippen LogP contribution in [-0.2, 0) is 11.2 Å². The van der Waals surface area contributed by atoms with Crippen LogP contribution in [0.15, 0.2) is 29.1 Å². The van der Waals surface area contributed by atoms with E-state index in [1.165, 1.54) is 0 Å². The molecular formula is C20H19N5OS2. The summed E-state index contributed by atoms with van der Waals surface area (Å²) in [5.41, 5.74) is 6.66. The van der Waals surface area contributed by atoms with Crippen molar-refractivity contribution >= 4 is 38.8 Å². The summed E-state index contributed by atoms with van der Waals surface area (Å²) in [5, 5.41) is 5.98. The number of hydrogen-bond acceptors (Lipinski definition) is 6. The average molecular weight is 410 g/mol. The van der Waals surface area contributed by atoms with E-state index in [4.69, 9.17) is 4.98 Å². The summed E-state index contributed by atoms with van der Waals surface area (Å²) in [6.07, 6.45) is 3.22. The van der Waals surface area contributed by atoms with Crippen molar-refractivity contribution in [2.75, 3.05) is 0 Å². The second kappa shape index (κ2) is 7.10. The summed E-state index contributed by atoms with van der Waals surface area (Å²) >= 11 is 3.22. The summed E-state index contributed by atoms with van der Waals surface area (Å²) in [6, 6.07) is 6.58. The maximum absolute atomic E-state index is 12.1.